The maximum absolute atomic E-state index is 12.6. The number of nitrogens with zero attached hydrogens (tertiary/aromatic N) is 1. The number of nitrogens with one attached hydrogen (secondary N) is 1. The molecule has 1 amide bonds. The van der Waals surface area contributed by atoms with Crippen LogP contribution in [0.2, 0.25) is 6.82 Å². The molecule has 26 heavy (non-hydrogen) atoms. The summed E-state index contributed by atoms with van der Waals surface area (Å²) in [6, 6.07) is 10.2. The van der Waals surface area contributed by atoms with Crippen molar-refractivity contribution >= 4 is 13.1 Å². The van der Waals surface area contributed by atoms with Crippen LogP contribution in [-0.4, -0.2) is 42.2 Å². The van der Waals surface area contributed by atoms with Crippen LogP contribution in [0.25, 0.3) is 0 Å². The number of rotatable bonds is 8. The molecule has 1 aromatic carbocycles. The van der Waals surface area contributed by atoms with Crippen molar-refractivity contribution in [1.82, 2.24) is 10.1 Å². The third-order valence-corrected chi connectivity index (χ3v) is 5.48. The highest BCUT2D eigenvalue weighted by Crippen LogP contribution is 2.33. The zero-order chi connectivity index (χ0) is 18.4. The van der Waals surface area contributed by atoms with Crippen molar-refractivity contribution in [3.63, 3.8) is 0 Å². The summed E-state index contributed by atoms with van der Waals surface area (Å²) in [5.74, 6) is 1.12. The van der Waals surface area contributed by atoms with Crippen LogP contribution >= 0.6 is 0 Å². The molecule has 2 N–H and O–H groups in total. The number of ether oxygens (including phenoxy) is 1. The molecule has 1 aromatic rings. The van der Waals surface area contributed by atoms with Gasteiger partial charge in [-0.05, 0) is 62.9 Å². The molecule has 2 aliphatic carbocycles. The van der Waals surface area contributed by atoms with Crippen molar-refractivity contribution in [2.24, 2.45) is 11.8 Å². The Hall–Kier alpha value is -1.53. The number of benzene rings is 1. The fraction of sp³-hybridized carbons (Fsp3) is 0.650. The van der Waals surface area contributed by atoms with Gasteiger partial charge in [-0.25, -0.2) is 4.79 Å². The lowest BCUT2D eigenvalue weighted by molar-refractivity contribution is 0.0813. The van der Waals surface area contributed by atoms with Crippen molar-refractivity contribution in [2.45, 2.75) is 58.0 Å². The molecule has 6 heteroatoms. The largest absolute Gasteiger partial charge is 0.445 e. The predicted octanol–water partition coefficient (Wildman–Crippen LogP) is 3.29. The lowest BCUT2D eigenvalue weighted by Gasteiger charge is -2.33. The molecule has 0 aliphatic heterocycles. The van der Waals surface area contributed by atoms with E-state index in [9.17, 15) is 9.82 Å². The molecule has 0 heterocycles. The van der Waals surface area contributed by atoms with Crippen LogP contribution in [-0.2, 0) is 11.3 Å². The van der Waals surface area contributed by atoms with Gasteiger partial charge < -0.3 is 19.9 Å². The molecule has 2 saturated carbocycles. The van der Waals surface area contributed by atoms with Crippen molar-refractivity contribution in [3.05, 3.63) is 35.9 Å². The van der Waals surface area contributed by atoms with Gasteiger partial charge in [0.15, 0.2) is 0 Å². The second-order valence-corrected chi connectivity index (χ2v) is 7.91. The fourth-order valence-corrected chi connectivity index (χ4v) is 3.93. The monoisotopic (exact) mass is 358 g/mol. The minimum atomic E-state index is -0.452. The van der Waals surface area contributed by atoms with E-state index in [-0.39, 0.29) is 6.09 Å². The van der Waals surface area contributed by atoms with Crippen LogP contribution in [0.4, 0.5) is 4.79 Å². The van der Waals surface area contributed by atoms with Gasteiger partial charge >= 0.3 is 13.1 Å². The molecule has 0 radical (unpaired) electrons. The predicted molar refractivity (Wildman–Crippen MR) is 104 cm³/mol. The van der Waals surface area contributed by atoms with Gasteiger partial charge in [0.1, 0.15) is 6.61 Å². The molecule has 0 saturated heterocycles. The van der Waals surface area contributed by atoms with E-state index in [1.54, 1.807) is 6.82 Å². The summed E-state index contributed by atoms with van der Waals surface area (Å²) in [7, 11) is -0.452. The van der Waals surface area contributed by atoms with E-state index in [0.717, 1.165) is 37.9 Å². The molecule has 2 aliphatic rings. The van der Waals surface area contributed by atoms with Crippen LogP contribution in [0, 0.1) is 11.8 Å². The van der Waals surface area contributed by atoms with Gasteiger partial charge in [-0.15, -0.1) is 0 Å². The van der Waals surface area contributed by atoms with Crippen LogP contribution in [0.5, 0.6) is 0 Å². The SMILES string of the molecule is CB(O)NC[C@@H]1CCC[C@H](CN(C(=O)OCc2ccccc2)C2CC2)C1. The van der Waals surface area contributed by atoms with Gasteiger partial charge in [0, 0.05) is 12.6 Å². The van der Waals surface area contributed by atoms with Crippen molar-refractivity contribution in [1.29, 1.82) is 0 Å². The van der Waals surface area contributed by atoms with E-state index in [2.05, 4.69) is 5.23 Å². The first-order valence-electron chi connectivity index (χ1n) is 10.0. The first kappa shape index (κ1) is 19.2. The number of carbonyl (C=O) groups is 1. The molecule has 0 aromatic heterocycles. The molecule has 2 fully saturated rings. The number of amides is 1. The Morgan fingerprint density at radius 1 is 1.23 bits per heavy atom. The summed E-state index contributed by atoms with van der Waals surface area (Å²) in [6.07, 6.45) is 6.74. The number of carbonyl (C=O) groups excluding carboxylic acids is 1. The van der Waals surface area contributed by atoms with Crippen molar-refractivity contribution in [2.75, 3.05) is 13.1 Å². The summed E-state index contributed by atoms with van der Waals surface area (Å²) in [4.78, 5) is 14.6. The second kappa shape index (κ2) is 9.42. The number of hydrogen-bond donors (Lipinski definition) is 2. The van der Waals surface area contributed by atoms with Crippen molar-refractivity contribution in [3.8, 4) is 0 Å². The average molecular weight is 358 g/mol. The molecule has 142 valence electrons. The smallest absolute Gasteiger partial charge is 0.410 e. The van der Waals surface area contributed by atoms with E-state index in [4.69, 9.17) is 4.74 Å². The summed E-state index contributed by atoms with van der Waals surface area (Å²) in [5.41, 5.74) is 1.03. The Bertz CT molecular complexity index is 565. The second-order valence-electron chi connectivity index (χ2n) is 7.91. The van der Waals surface area contributed by atoms with Gasteiger partial charge in [-0.1, -0.05) is 36.8 Å². The molecule has 2 atom stereocenters. The summed E-state index contributed by atoms with van der Waals surface area (Å²) >= 11 is 0. The number of hydrogen-bond acceptors (Lipinski definition) is 4. The molecule has 0 spiro atoms. The minimum absolute atomic E-state index is 0.166. The van der Waals surface area contributed by atoms with E-state index < -0.39 is 7.05 Å². The lowest BCUT2D eigenvalue weighted by Crippen LogP contribution is -2.41. The van der Waals surface area contributed by atoms with E-state index >= 15 is 0 Å². The minimum Gasteiger partial charge on any atom is -0.445 e. The zero-order valence-electron chi connectivity index (χ0n) is 15.8. The van der Waals surface area contributed by atoms with Crippen LogP contribution in [0.3, 0.4) is 0 Å². The average Bonchev–Trinajstić information content (AvgIpc) is 3.49. The van der Waals surface area contributed by atoms with E-state index in [0.29, 0.717) is 24.5 Å². The van der Waals surface area contributed by atoms with Gasteiger partial charge in [0.05, 0.1) is 0 Å². The molecule has 5 nitrogen and oxygen atoms in total. The van der Waals surface area contributed by atoms with Gasteiger partial charge in [-0.3, -0.25) is 0 Å². The summed E-state index contributed by atoms with van der Waals surface area (Å²) < 4.78 is 5.58. The Morgan fingerprint density at radius 2 is 1.96 bits per heavy atom. The van der Waals surface area contributed by atoms with Crippen molar-refractivity contribution < 1.29 is 14.6 Å². The Labute approximate surface area is 157 Å². The highest BCUT2D eigenvalue weighted by atomic mass is 16.6. The summed E-state index contributed by atoms with van der Waals surface area (Å²) in [6.45, 7) is 3.77. The highest BCUT2D eigenvalue weighted by Gasteiger charge is 2.36. The Balaban J connectivity index is 1.49. The topological polar surface area (TPSA) is 61.8 Å². The summed E-state index contributed by atoms with van der Waals surface area (Å²) in [5, 5.41) is 12.6. The zero-order valence-corrected chi connectivity index (χ0v) is 15.8. The third-order valence-electron chi connectivity index (χ3n) is 5.48. The molecular weight excluding hydrogens is 327 g/mol. The first-order chi connectivity index (χ1) is 12.6. The Kier molecular flexibility index (Phi) is 6.97. The molecule has 3 rings (SSSR count). The normalized spacial score (nSPS) is 22.7. The molecule has 0 bridgehead atoms. The van der Waals surface area contributed by atoms with E-state index in [1.807, 2.05) is 35.2 Å². The molecule has 0 unspecified atom stereocenters. The molecular formula is C20H31BN2O3. The quantitative estimate of drug-likeness (QED) is 0.700. The highest BCUT2D eigenvalue weighted by molar-refractivity contribution is 6.45. The lowest BCUT2D eigenvalue weighted by atomic mass is 9.79. The van der Waals surface area contributed by atoms with E-state index in [1.165, 1.54) is 19.3 Å². The maximum Gasteiger partial charge on any atom is 0.410 e. The van der Waals surface area contributed by atoms with Crippen LogP contribution in [0.15, 0.2) is 30.3 Å². The first-order valence-corrected chi connectivity index (χ1v) is 10.0. The van der Waals surface area contributed by atoms with Gasteiger partial charge in [-0.2, -0.15) is 0 Å². The Morgan fingerprint density at radius 3 is 2.65 bits per heavy atom. The standard InChI is InChI=1S/C20H31BN2O3/c1-21(25)22-13-17-8-5-9-18(12-17)14-23(19-10-11-19)20(24)26-15-16-6-3-2-4-7-16/h2-4,6-7,17-19,22,25H,5,8-15H2,1H3/t17-,18+/m1/s1. The van der Waals surface area contributed by atoms with Crippen LogP contribution < -0.4 is 5.23 Å². The van der Waals surface area contributed by atoms with Gasteiger partial charge in [0.2, 0.25) is 0 Å². The van der Waals surface area contributed by atoms with Gasteiger partial charge in [0.25, 0.3) is 0 Å². The maximum atomic E-state index is 12.6. The van der Waals surface area contributed by atoms with Crippen LogP contribution in [0.1, 0.15) is 44.1 Å². The third kappa shape index (κ3) is 6.03. The fourth-order valence-electron chi connectivity index (χ4n) is 3.93.